The third kappa shape index (κ3) is 62.3. The van der Waals surface area contributed by atoms with Gasteiger partial charge in [0.1, 0.15) is 6.61 Å². The Bertz CT molecular complexity index is 1530. The van der Waals surface area contributed by atoms with Gasteiger partial charge >= 0.3 is 19.8 Å². The van der Waals surface area contributed by atoms with Crippen LogP contribution < -0.4 is 5.73 Å². The maximum Gasteiger partial charge on any atom is 0.472 e. The van der Waals surface area contributed by atoms with Gasteiger partial charge in [0.05, 0.1) is 13.2 Å². The summed E-state index contributed by atoms with van der Waals surface area (Å²) in [6.07, 6.45) is 82.3. The fourth-order valence-electron chi connectivity index (χ4n) is 9.05. The number of phosphoric ester groups is 1. The Morgan fingerprint density at radius 1 is 0.403 bits per heavy atom. The number of hydrogen-bond donors (Lipinski definition) is 2. The lowest BCUT2D eigenvalue weighted by atomic mass is 10.0. The van der Waals surface area contributed by atoms with E-state index in [9.17, 15) is 19.0 Å². The second kappa shape index (κ2) is 62.4. The number of hydrogen-bond acceptors (Lipinski definition) is 8. The predicted molar refractivity (Wildman–Crippen MR) is 330 cm³/mol. The van der Waals surface area contributed by atoms with Crippen LogP contribution in [0.4, 0.5) is 0 Å². The van der Waals surface area contributed by atoms with Gasteiger partial charge in [0.15, 0.2) is 6.10 Å². The normalized spacial score (nSPS) is 13.6. The molecule has 0 saturated heterocycles. The summed E-state index contributed by atoms with van der Waals surface area (Å²) in [5.41, 5.74) is 5.39. The molecule has 0 heterocycles. The molecule has 3 N–H and O–H groups in total. The van der Waals surface area contributed by atoms with Crippen LogP contribution in [0.1, 0.15) is 296 Å². The molecule has 0 spiro atoms. The minimum atomic E-state index is -4.39. The maximum atomic E-state index is 12.7. The van der Waals surface area contributed by atoms with Crippen LogP contribution in [-0.4, -0.2) is 49.3 Å². The molecule has 0 amide bonds. The fourth-order valence-corrected chi connectivity index (χ4v) is 9.81. The van der Waals surface area contributed by atoms with Gasteiger partial charge in [0.25, 0.3) is 0 Å². The minimum Gasteiger partial charge on any atom is -0.462 e. The van der Waals surface area contributed by atoms with E-state index in [-0.39, 0.29) is 38.6 Å². The summed E-state index contributed by atoms with van der Waals surface area (Å²) in [5.74, 6) is -0.820. The summed E-state index contributed by atoms with van der Waals surface area (Å²) in [6, 6.07) is 0. The van der Waals surface area contributed by atoms with Crippen molar-refractivity contribution in [1.82, 2.24) is 0 Å². The van der Waals surface area contributed by atoms with Gasteiger partial charge in [-0.15, -0.1) is 0 Å². The average Bonchev–Trinajstić information content (AvgIpc) is 3.42. The highest BCUT2D eigenvalue weighted by Gasteiger charge is 2.26. The van der Waals surface area contributed by atoms with Gasteiger partial charge in [-0.1, -0.05) is 279 Å². The molecular weight excluding hydrogens is 978 g/mol. The van der Waals surface area contributed by atoms with Crippen LogP contribution in [0.25, 0.3) is 0 Å². The molecule has 0 bridgehead atoms. The molecule has 0 aliphatic heterocycles. The molecule has 0 aromatic heterocycles. The van der Waals surface area contributed by atoms with E-state index in [0.29, 0.717) is 6.42 Å². The number of rotatable bonds is 60. The zero-order chi connectivity index (χ0) is 55.9. The maximum absolute atomic E-state index is 12.7. The number of phosphoric acid groups is 1. The molecule has 0 aromatic rings. The van der Waals surface area contributed by atoms with Crippen molar-refractivity contribution in [3.05, 3.63) is 85.1 Å². The number of allylic oxidation sites excluding steroid dienone is 14. The average molecular weight is 1100 g/mol. The van der Waals surface area contributed by atoms with E-state index in [2.05, 4.69) is 98.9 Å². The quantitative estimate of drug-likeness (QED) is 0.0264. The Balaban J connectivity index is 3.86. The Morgan fingerprint density at radius 3 is 1.08 bits per heavy atom. The monoisotopic (exact) mass is 1100 g/mol. The van der Waals surface area contributed by atoms with Gasteiger partial charge in [0.2, 0.25) is 0 Å². The number of ether oxygens (including phenoxy) is 2. The second-order valence-electron chi connectivity index (χ2n) is 21.2. The van der Waals surface area contributed by atoms with E-state index < -0.39 is 26.5 Å². The molecule has 0 fully saturated rings. The summed E-state index contributed by atoms with van der Waals surface area (Å²) >= 11 is 0. The van der Waals surface area contributed by atoms with Crippen molar-refractivity contribution in [3.63, 3.8) is 0 Å². The molecule has 10 heteroatoms. The number of unbranched alkanes of at least 4 members (excludes halogenated alkanes) is 33. The van der Waals surface area contributed by atoms with Gasteiger partial charge in [-0.3, -0.25) is 18.6 Å². The van der Waals surface area contributed by atoms with Crippen LogP contribution in [0.15, 0.2) is 85.1 Å². The molecular formula is C67H120NO8P. The zero-order valence-corrected chi connectivity index (χ0v) is 50.8. The summed E-state index contributed by atoms with van der Waals surface area (Å²) in [4.78, 5) is 35.2. The molecule has 77 heavy (non-hydrogen) atoms. The summed E-state index contributed by atoms with van der Waals surface area (Å²) in [5, 5.41) is 0. The van der Waals surface area contributed by atoms with Crippen molar-refractivity contribution >= 4 is 19.8 Å². The van der Waals surface area contributed by atoms with Crippen molar-refractivity contribution in [1.29, 1.82) is 0 Å². The van der Waals surface area contributed by atoms with Gasteiger partial charge in [0, 0.05) is 19.4 Å². The van der Waals surface area contributed by atoms with Crippen LogP contribution in [0, 0.1) is 0 Å². The lowest BCUT2D eigenvalue weighted by Gasteiger charge is -2.19. The van der Waals surface area contributed by atoms with Gasteiger partial charge < -0.3 is 20.1 Å². The van der Waals surface area contributed by atoms with Crippen molar-refractivity contribution < 1.29 is 37.6 Å². The Kier molecular flexibility index (Phi) is 60.1. The Labute approximate surface area is 474 Å². The van der Waals surface area contributed by atoms with Crippen molar-refractivity contribution in [3.8, 4) is 0 Å². The molecule has 0 radical (unpaired) electrons. The molecule has 0 saturated carbocycles. The lowest BCUT2D eigenvalue weighted by molar-refractivity contribution is -0.161. The second-order valence-corrected chi connectivity index (χ2v) is 22.7. The van der Waals surface area contributed by atoms with Gasteiger partial charge in [-0.25, -0.2) is 4.57 Å². The lowest BCUT2D eigenvalue weighted by Crippen LogP contribution is -2.29. The van der Waals surface area contributed by atoms with Crippen LogP contribution in [-0.2, 0) is 32.7 Å². The van der Waals surface area contributed by atoms with Crippen molar-refractivity contribution in [2.24, 2.45) is 5.73 Å². The predicted octanol–water partition coefficient (Wildman–Crippen LogP) is 20.6. The molecule has 0 rings (SSSR count). The highest BCUT2D eigenvalue weighted by molar-refractivity contribution is 7.47. The Hall–Kier alpha value is -2.81. The van der Waals surface area contributed by atoms with E-state index in [0.717, 1.165) is 77.0 Å². The summed E-state index contributed by atoms with van der Waals surface area (Å²) in [7, 11) is -4.39. The molecule has 0 aliphatic carbocycles. The SMILES string of the molecule is CC/C=C\C/C=C\C/C=C\C/C=C\C/C=C\C/C=C\CCCCCCCCCCCCCCCCCCCCC(=O)OC(COC(=O)CCCCCCCCCCC/C=C\CCCCCCCC)COP(=O)(O)OCCN. The fraction of sp³-hybridized carbons (Fsp3) is 0.761. The third-order valence-electron chi connectivity index (χ3n) is 13.8. The van der Waals surface area contributed by atoms with Crippen LogP contribution >= 0.6 is 7.82 Å². The van der Waals surface area contributed by atoms with E-state index in [1.165, 1.54) is 186 Å². The number of esters is 2. The largest absolute Gasteiger partial charge is 0.472 e. The minimum absolute atomic E-state index is 0.0523. The zero-order valence-electron chi connectivity index (χ0n) is 49.9. The van der Waals surface area contributed by atoms with Gasteiger partial charge in [-0.2, -0.15) is 0 Å². The molecule has 2 unspecified atom stereocenters. The molecule has 0 aromatic carbocycles. The first-order valence-corrected chi connectivity index (χ1v) is 33.6. The van der Waals surface area contributed by atoms with Crippen molar-refractivity contribution in [2.75, 3.05) is 26.4 Å². The van der Waals surface area contributed by atoms with Crippen LogP contribution in [0.2, 0.25) is 0 Å². The molecule has 9 nitrogen and oxygen atoms in total. The first-order valence-electron chi connectivity index (χ1n) is 32.1. The van der Waals surface area contributed by atoms with E-state index >= 15 is 0 Å². The summed E-state index contributed by atoms with van der Waals surface area (Å²) in [6.45, 7) is 3.66. The van der Waals surface area contributed by atoms with E-state index in [4.69, 9.17) is 24.3 Å². The standard InChI is InChI=1S/C67H120NO8P/c1-3-5-7-9-11-13-15-17-19-21-23-24-25-26-27-28-29-30-31-32-33-34-35-36-37-38-39-40-42-44-46-48-50-52-54-56-58-60-67(70)76-65(64-75-77(71,72)74-62-61-68)63-73-66(69)59-57-55-53-51-49-47-45-43-41-22-20-18-16-14-12-10-8-6-4-2/h5,7,11,13,17-20,23-24,26-27,29-30,65H,3-4,6,8-10,12,14-16,21-22,25,28,31-64,68H2,1-2H3,(H,71,72)/b7-5-,13-11-,19-17-,20-18-,24-23-,27-26-,30-29-. The first kappa shape index (κ1) is 74.2. The number of carbonyl (C=O) groups excluding carboxylic acids is 2. The molecule has 446 valence electrons. The van der Waals surface area contributed by atoms with E-state index in [1.54, 1.807) is 0 Å². The van der Waals surface area contributed by atoms with E-state index in [1.807, 2.05) is 0 Å². The third-order valence-corrected chi connectivity index (χ3v) is 14.7. The first-order chi connectivity index (χ1) is 37.8. The highest BCUT2D eigenvalue weighted by atomic mass is 31.2. The Morgan fingerprint density at radius 2 is 0.714 bits per heavy atom. The number of nitrogens with two attached hydrogens (primary N) is 1. The van der Waals surface area contributed by atoms with Crippen LogP contribution in [0.5, 0.6) is 0 Å². The number of carbonyl (C=O) groups is 2. The van der Waals surface area contributed by atoms with Crippen LogP contribution in [0.3, 0.4) is 0 Å². The highest BCUT2D eigenvalue weighted by Crippen LogP contribution is 2.43. The topological polar surface area (TPSA) is 134 Å². The molecule has 2 atom stereocenters. The summed E-state index contributed by atoms with van der Waals surface area (Å²) < 4.78 is 33.1. The smallest absolute Gasteiger partial charge is 0.462 e. The van der Waals surface area contributed by atoms with Gasteiger partial charge in [-0.05, 0) is 89.9 Å². The molecule has 0 aliphatic rings. The van der Waals surface area contributed by atoms with Crippen molar-refractivity contribution in [2.45, 2.75) is 302 Å².